The van der Waals surface area contributed by atoms with Crippen LogP contribution in [0.4, 0.5) is 11.4 Å². The first kappa shape index (κ1) is 15.1. The molecule has 0 aliphatic carbocycles. The summed E-state index contributed by atoms with van der Waals surface area (Å²) in [5, 5.41) is 9.32. The number of hydrogen-bond acceptors (Lipinski definition) is 2. The van der Waals surface area contributed by atoms with Crippen molar-refractivity contribution in [3.8, 4) is 6.07 Å². The number of carbonyl (C=O) groups is 1. The lowest BCUT2D eigenvalue weighted by atomic mass is 9.86. The molecule has 2 aromatic rings. The molecule has 1 aliphatic heterocycles. The van der Waals surface area contributed by atoms with Gasteiger partial charge in [0.2, 0.25) is 5.91 Å². The molecule has 5 heteroatoms. The van der Waals surface area contributed by atoms with Crippen LogP contribution >= 0.6 is 27.5 Å². The van der Waals surface area contributed by atoms with Crippen LogP contribution in [0.1, 0.15) is 25.0 Å². The van der Waals surface area contributed by atoms with Gasteiger partial charge in [0, 0.05) is 4.47 Å². The maximum atomic E-state index is 12.9. The zero-order chi connectivity index (χ0) is 16.1. The first-order valence-corrected chi connectivity index (χ1v) is 7.87. The standard InChI is InChI=1S/C17H12BrClN2O/c1-17(2)13-7-11(18)4-6-15(13)21(16(17)22)12-5-3-10(9-20)14(19)8-12/h3-8H,1-2H3. The monoisotopic (exact) mass is 374 g/mol. The number of halogens is 2. The molecule has 0 N–H and O–H groups in total. The van der Waals surface area contributed by atoms with Gasteiger partial charge in [-0.2, -0.15) is 5.26 Å². The third-order valence-electron chi connectivity index (χ3n) is 3.94. The van der Waals surface area contributed by atoms with Gasteiger partial charge >= 0.3 is 0 Å². The van der Waals surface area contributed by atoms with Crippen molar-refractivity contribution in [2.45, 2.75) is 19.3 Å². The van der Waals surface area contributed by atoms with Gasteiger partial charge < -0.3 is 0 Å². The molecule has 2 aromatic carbocycles. The lowest BCUT2D eigenvalue weighted by molar-refractivity contribution is -0.121. The number of carbonyl (C=O) groups excluding carboxylic acids is 1. The second-order valence-electron chi connectivity index (χ2n) is 5.70. The molecule has 0 saturated heterocycles. The number of amides is 1. The first-order valence-electron chi connectivity index (χ1n) is 6.70. The van der Waals surface area contributed by atoms with Crippen LogP contribution in [0.3, 0.4) is 0 Å². The van der Waals surface area contributed by atoms with Crippen LogP contribution in [0, 0.1) is 11.3 Å². The van der Waals surface area contributed by atoms with Gasteiger partial charge in [0.15, 0.2) is 0 Å². The molecule has 1 aliphatic rings. The van der Waals surface area contributed by atoms with Crippen molar-refractivity contribution in [3.63, 3.8) is 0 Å². The molecule has 0 aromatic heterocycles. The predicted octanol–water partition coefficient (Wildman–Crippen LogP) is 4.93. The minimum atomic E-state index is -0.612. The zero-order valence-electron chi connectivity index (χ0n) is 12.0. The molecule has 0 spiro atoms. The van der Waals surface area contributed by atoms with Crippen molar-refractivity contribution in [2.75, 3.05) is 4.90 Å². The summed E-state index contributed by atoms with van der Waals surface area (Å²) in [5.41, 5.74) is 2.27. The van der Waals surface area contributed by atoms with E-state index in [0.29, 0.717) is 16.3 Å². The Morgan fingerprint density at radius 3 is 2.59 bits per heavy atom. The number of hydrogen-bond donors (Lipinski definition) is 0. The summed E-state index contributed by atoms with van der Waals surface area (Å²) in [7, 11) is 0. The second-order valence-corrected chi connectivity index (χ2v) is 7.03. The van der Waals surface area contributed by atoms with E-state index in [9.17, 15) is 4.79 Å². The quantitative estimate of drug-likeness (QED) is 0.709. The topological polar surface area (TPSA) is 44.1 Å². The Morgan fingerprint density at radius 1 is 1.23 bits per heavy atom. The predicted molar refractivity (Wildman–Crippen MR) is 90.5 cm³/mol. The highest BCUT2D eigenvalue weighted by Crippen LogP contribution is 2.46. The molecule has 0 bridgehead atoms. The highest BCUT2D eigenvalue weighted by atomic mass is 79.9. The fourth-order valence-corrected chi connectivity index (χ4v) is 3.28. The van der Waals surface area contributed by atoms with Crippen LogP contribution in [0.2, 0.25) is 5.02 Å². The molecule has 0 saturated carbocycles. The maximum Gasteiger partial charge on any atom is 0.241 e. The smallest absolute Gasteiger partial charge is 0.241 e. The molecule has 0 fully saturated rings. The molecule has 1 amide bonds. The molecule has 0 radical (unpaired) electrons. The molecule has 0 unspecified atom stereocenters. The fraction of sp³-hybridized carbons (Fsp3) is 0.176. The Kier molecular flexibility index (Phi) is 3.51. The molecule has 1 heterocycles. The molecular weight excluding hydrogens is 364 g/mol. The van der Waals surface area contributed by atoms with E-state index in [4.69, 9.17) is 16.9 Å². The number of benzene rings is 2. The van der Waals surface area contributed by atoms with Gasteiger partial charge in [-0.15, -0.1) is 0 Å². The molecule has 22 heavy (non-hydrogen) atoms. The molecular formula is C17H12BrClN2O. The van der Waals surface area contributed by atoms with E-state index < -0.39 is 5.41 Å². The normalized spacial score (nSPS) is 15.6. The molecule has 110 valence electrons. The van der Waals surface area contributed by atoms with Crippen molar-refractivity contribution >= 4 is 44.8 Å². The fourth-order valence-electron chi connectivity index (χ4n) is 2.70. The lowest BCUT2D eigenvalue weighted by Crippen LogP contribution is -2.33. The third-order valence-corrected chi connectivity index (χ3v) is 4.75. The van der Waals surface area contributed by atoms with Crippen molar-refractivity contribution in [2.24, 2.45) is 0 Å². The Hall–Kier alpha value is -1.83. The Bertz CT molecular complexity index is 839. The zero-order valence-corrected chi connectivity index (χ0v) is 14.4. The highest BCUT2D eigenvalue weighted by molar-refractivity contribution is 9.10. The largest absolute Gasteiger partial charge is 0.280 e. The van der Waals surface area contributed by atoms with Gasteiger partial charge in [-0.3, -0.25) is 9.69 Å². The van der Waals surface area contributed by atoms with Crippen LogP contribution in [-0.2, 0) is 10.2 Å². The second kappa shape index (κ2) is 5.12. The summed E-state index contributed by atoms with van der Waals surface area (Å²) < 4.78 is 0.937. The first-order chi connectivity index (χ1) is 10.4. The van der Waals surface area contributed by atoms with Gasteiger partial charge in [-0.1, -0.05) is 27.5 Å². The van der Waals surface area contributed by atoms with E-state index in [-0.39, 0.29) is 5.91 Å². The van der Waals surface area contributed by atoms with E-state index >= 15 is 0 Å². The van der Waals surface area contributed by atoms with Crippen LogP contribution in [0.15, 0.2) is 40.9 Å². The van der Waals surface area contributed by atoms with E-state index in [1.807, 2.05) is 38.1 Å². The SMILES string of the molecule is CC1(C)C(=O)N(c2ccc(C#N)c(Cl)c2)c2ccc(Br)cc21. The lowest BCUT2D eigenvalue weighted by Gasteiger charge is -2.20. The maximum absolute atomic E-state index is 12.9. The molecule has 3 nitrogen and oxygen atoms in total. The van der Waals surface area contributed by atoms with Gasteiger partial charge in [0.1, 0.15) is 6.07 Å². The summed E-state index contributed by atoms with van der Waals surface area (Å²) in [4.78, 5) is 14.5. The molecule has 3 rings (SSSR count). The van der Waals surface area contributed by atoms with Gasteiger partial charge in [-0.25, -0.2) is 0 Å². The van der Waals surface area contributed by atoms with E-state index in [1.54, 1.807) is 23.1 Å². The number of anilines is 2. The number of fused-ring (bicyclic) bond motifs is 1. The molecule has 0 atom stereocenters. The number of rotatable bonds is 1. The van der Waals surface area contributed by atoms with Crippen molar-refractivity contribution in [1.29, 1.82) is 5.26 Å². The van der Waals surface area contributed by atoms with Crippen LogP contribution < -0.4 is 4.90 Å². The Balaban J connectivity index is 2.19. The average Bonchev–Trinajstić information content (AvgIpc) is 2.67. The van der Waals surface area contributed by atoms with Crippen LogP contribution in [-0.4, -0.2) is 5.91 Å². The minimum absolute atomic E-state index is 0.0126. The number of nitriles is 1. The van der Waals surface area contributed by atoms with Gasteiger partial charge in [-0.05, 0) is 55.8 Å². The number of nitrogens with zero attached hydrogens (tertiary/aromatic N) is 2. The van der Waals surface area contributed by atoms with Gasteiger partial charge in [0.25, 0.3) is 0 Å². The van der Waals surface area contributed by atoms with Crippen molar-refractivity contribution in [1.82, 2.24) is 0 Å². The third kappa shape index (κ3) is 2.13. The summed E-state index contributed by atoms with van der Waals surface area (Å²) in [6, 6.07) is 12.9. The Morgan fingerprint density at radius 2 is 1.95 bits per heavy atom. The summed E-state index contributed by atoms with van der Waals surface area (Å²) in [6.07, 6.45) is 0. The average molecular weight is 376 g/mol. The van der Waals surface area contributed by atoms with E-state index in [0.717, 1.165) is 15.7 Å². The van der Waals surface area contributed by atoms with Crippen molar-refractivity contribution < 1.29 is 4.79 Å². The minimum Gasteiger partial charge on any atom is -0.280 e. The summed E-state index contributed by atoms with van der Waals surface area (Å²) in [6.45, 7) is 3.82. The summed E-state index contributed by atoms with van der Waals surface area (Å²) in [5.74, 6) is -0.0126. The van der Waals surface area contributed by atoms with E-state index in [2.05, 4.69) is 15.9 Å². The van der Waals surface area contributed by atoms with Crippen molar-refractivity contribution in [3.05, 3.63) is 57.0 Å². The van der Waals surface area contributed by atoms with Crippen LogP contribution in [0.5, 0.6) is 0 Å². The summed E-state index contributed by atoms with van der Waals surface area (Å²) >= 11 is 9.57. The van der Waals surface area contributed by atoms with Gasteiger partial charge in [0.05, 0.1) is 27.4 Å². The van der Waals surface area contributed by atoms with Crippen LogP contribution in [0.25, 0.3) is 0 Å². The Labute approximate surface area is 142 Å². The highest BCUT2D eigenvalue weighted by Gasteiger charge is 2.44. The van der Waals surface area contributed by atoms with E-state index in [1.165, 1.54) is 0 Å².